The van der Waals surface area contributed by atoms with Crippen LogP contribution in [0.3, 0.4) is 0 Å². The maximum Gasteiger partial charge on any atom is 0.242 e. The standard InChI is InChI=1S/C27H38ClN3O4S/c1-6-25(27(33)29-18-20(2)3)30(19-22-11-7-10-21(4)16-22)26(32)14-9-15-31(36(5,34)35)24-13-8-12-23(28)17-24/h7-8,10-13,16-17,20,25H,6,9,14-15,18-19H2,1-5H3,(H,29,33)/t25-/m1/s1. The van der Waals surface area contributed by atoms with Crippen molar-refractivity contribution in [2.24, 2.45) is 5.92 Å². The van der Waals surface area contributed by atoms with Crippen LogP contribution in [0, 0.1) is 12.8 Å². The van der Waals surface area contributed by atoms with Gasteiger partial charge in [0.1, 0.15) is 6.04 Å². The highest BCUT2D eigenvalue weighted by Crippen LogP contribution is 2.23. The first kappa shape index (κ1) is 29.6. The third-order valence-electron chi connectivity index (χ3n) is 5.75. The fourth-order valence-corrected chi connectivity index (χ4v) is 5.13. The Kier molecular flexibility index (Phi) is 11.2. The zero-order chi connectivity index (χ0) is 26.9. The van der Waals surface area contributed by atoms with Crippen molar-refractivity contribution in [1.82, 2.24) is 10.2 Å². The largest absolute Gasteiger partial charge is 0.354 e. The molecule has 0 unspecified atom stereocenters. The summed E-state index contributed by atoms with van der Waals surface area (Å²) in [6.45, 7) is 8.87. The number of carbonyl (C=O) groups excluding carboxylic acids is 2. The Morgan fingerprint density at radius 3 is 2.36 bits per heavy atom. The van der Waals surface area contributed by atoms with E-state index in [9.17, 15) is 18.0 Å². The first-order valence-corrected chi connectivity index (χ1v) is 14.5. The van der Waals surface area contributed by atoms with Crippen LogP contribution in [0.25, 0.3) is 0 Å². The molecule has 1 N–H and O–H groups in total. The van der Waals surface area contributed by atoms with Crippen molar-refractivity contribution in [2.45, 2.75) is 59.5 Å². The van der Waals surface area contributed by atoms with E-state index in [1.165, 1.54) is 4.31 Å². The van der Waals surface area contributed by atoms with E-state index in [0.29, 0.717) is 42.6 Å². The molecule has 0 radical (unpaired) electrons. The summed E-state index contributed by atoms with van der Waals surface area (Å²) in [5, 5.41) is 3.38. The van der Waals surface area contributed by atoms with E-state index < -0.39 is 16.1 Å². The zero-order valence-electron chi connectivity index (χ0n) is 21.8. The van der Waals surface area contributed by atoms with Gasteiger partial charge >= 0.3 is 0 Å². The number of hydrogen-bond donors (Lipinski definition) is 1. The minimum absolute atomic E-state index is 0.104. The molecule has 0 aliphatic heterocycles. The summed E-state index contributed by atoms with van der Waals surface area (Å²) < 4.78 is 26.1. The maximum atomic E-state index is 13.5. The third-order valence-corrected chi connectivity index (χ3v) is 7.18. The van der Waals surface area contributed by atoms with Gasteiger partial charge in [-0.05, 0) is 49.4 Å². The van der Waals surface area contributed by atoms with Gasteiger partial charge in [0.15, 0.2) is 0 Å². The molecule has 2 amide bonds. The number of sulfonamides is 1. The van der Waals surface area contributed by atoms with Crippen molar-refractivity contribution in [3.8, 4) is 0 Å². The number of halogens is 1. The lowest BCUT2D eigenvalue weighted by Crippen LogP contribution is -2.49. The maximum absolute atomic E-state index is 13.5. The van der Waals surface area contributed by atoms with Gasteiger partial charge < -0.3 is 10.2 Å². The van der Waals surface area contributed by atoms with Gasteiger partial charge in [0, 0.05) is 31.1 Å². The minimum Gasteiger partial charge on any atom is -0.354 e. The number of benzene rings is 2. The molecule has 2 aromatic carbocycles. The number of carbonyl (C=O) groups is 2. The number of amides is 2. The molecule has 2 aromatic rings. The Hall–Kier alpha value is -2.58. The van der Waals surface area contributed by atoms with E-state index in [1.807, 2.05) is 52.0 Å². The first-order chi connectivity index (χ1) is 16.9. The lowest BCUT2D eigenvalue weighted by Gasteiger charge is -2.31. The van der Waals surface area contributed by atoms with E-state index in [1.54, 1.807) is 29.2 Å². The number of nitrogens with zero attached hydrogens (tertiary/aromatic N) is 2. The van der Waals surface area contributed by atoms with Gasteiger partial charge in [0.2, 0.25) is 21.8 Å². The second kappa shape index (κ2) is 13.7. The smallest absolute Gasteiger partial charge is 0.242 e. The summed E-state index contributed by atoms with van der Waals surface area (Å²) in [6, 6.07) is 13.9. The molecule has 1 atom stereocenters. The van der Waals surface area contributed by atoms with E-state index in [0.717, 1.165) is 17.4 Å². The van der Waals surface area contributed by atoms with Crippen molar-refractivity contribution in [2.75, 3.05) is 23.7 Å². The summed E-state index contributed by atoms with van der Waals surface area (Å²) in [4.78, 5) is 28.1. The van der Waals surface area contributed by atoms with E-state index in [-0.39, 0.29) is 24.8 Å². The summed E-state index contributed by atoms with van der Waals surface area (Å²) in [5.41, 5.74) is 2.46. The molecule has 9 heteroatoms. The van der Waals surface area contributed by atoms with Gasteiger partial charge in [-0.15, -0.1) is 0 Å². The van der Waals surface area contributed by atoms with Gasteiger partial charge in [-0.3, -0.25) is 13.9 Å². The van der Waals surface area contributed by atoms with Gasteiger partial charge in [-0.25, -0.2) is 8.42 Å². The molecule has 7 nitrogen and oxygen atoms in total. The van der Waals surface area contributed by atoms with Crippen LogP contribution in [0.5, 0.6) is 0 Å². The van der Waals surface area contributed by atoms with Crippen LogP contribution in [0.2, 0.25) is 5.02 Å². The van der Waals surface area contributed by atoms with Crippen molar-refractivity contribution in [1.29, 1.82) is 0 Å². The van der Waals surface area contributed by atoms with Crippen LogP contribution in [-0.4, -0.2) is 50.5 Å². The molecular weight excluding hydrogens is 498 g/mol. The van der Waals surface area contributed by atoms with Gasteiger partial charge in [0.05, 0.1) is 11.9 Å². The van der Waals surface area contributed by atoms with Crippen LogP contribution < -0.4 is 9.62 Å². The normalized spacial score (nSPS) is 12.3. The van der Waals surface area contributed by atoms with Crippen LogP contribution in [0.4, 0.5) is 5.69 Å². The molecule has 0 aliphatic carbocycles. The van der Waals surface area contributed by atoms with Crippen molar-refractivity contribution in [3.05, 3.63) is 64.7 Å². The minimum atomic E-state index is -3.57. The van der Waals surface area contributed by atoms with Crippen LogP contribution >= 0.6 is 11.6 Å². The number of hydrogen-bond acceptors (Lipinski definition) is 4. The fourth-order valence-electron chi connectivity index (χ4n) is 3.98. The molecule has 0 saturated carbocycles. The molecular formula is C27H38ClN3O4S. The van der Waals surface area contributed by atoms with Crippen molar-refractivity contribution in [3.63, 3.8) is 0 Å². The Morgan fingerprint density at radius 1 is 1.08 bits per heavy atom. The van der Waals surface area contributed by atoms with Gasteiger partial charge in [-0.2, -0.15) is 0 Å². The molecule has 0 spiro atoms. The quantitative estimate of drug-likeness (QED) is 0.400. The average molecular weight is 536 g/mol. The highest BCUT2D eigenvalue weighted by molar-refractivity contribution is 7.92. The second-order valence-electron chi connectivity index (χ2n) is 9.49. The number of rotatable bonds is 13. The molecule has 198 valence electrons. The van der Waals surface area contributed by atoms with Crippen LogP contribution in [0.15, 0.2) is 48.5 Å². The summed E-state index contributed by atoms with van der Waals surface area (Å²) >= 11 is 6.06. The number of nitrogens with one attached hydrogen (secondary N) is 1. The summed E-state index contributed by atoms with van der Waals surface area (Å²) in [7, 11) is -3.57. The molecule has 0 bridgehead atoms. The van der Waals surface area contributed by atoms with E-state index in [4.69, 9.17) is 11.6 Å². The summed E-state index contributed by atoms with van der Waals surface area (Å²) in [6.07, 6.45) is 2.00. The van der Waals surface area contributed by atoms with E-state index >= 15 is 0 Å². The first-order valence-electron chi connectivity index (χ1n) is 12.3. The monoisotopic (exact) mass is 535 g/mol. The Bertz CT molecular complexity index is 1140. The highest BCUT2D eigenvalue weighted by Gasteiger charge is 2.29. The van der Waals surface area contributed by atoms with Gasteiger partial charge in [-0.1, -0.05) is 68.3 Å². The molecule has 2 rings (SSSR count). The van der Waals surface area contributed by atoms with Gasteiger partial charge in [0.25, 0.3) is 0 Å². The predicted octanol–water partition coefficient (Wildman–Crippen LogP) is 4.77. The molecule has 36 heavy (non-hydrogen) atoms. The fraction of sp³-hybridized carbons (Fsp3) is 0.481. The number of aryl methyl sites for hydroxylation is 1. The predicted molar refractivity (Wildman–Crippen MR) is 147 cm³/mol. The molecule has 0 saturated heterocycles. The Balaban J connectivity index is 2.21. The van der Waals surface area contributed by atoms with Crippen molar-refractivity contribution >= 4 is 39.1 Å². The lowest BCUT2D eigenvalue weighted by atomic mass is 10.1. The topological polar surface area (TPSA) is 86.8 Å². The third kappa shape index (κ3) is 9.13. The molecule has 0 fully saturated rings. The molecule has 0 aromatic heterocycles. The zero-order valence-corrected chi connectivity index (χ0v) is 23.4. The second-order valence-corrected chi connectivity index (χ2v) is 11.8. The molecule has 0 heterocycles. The lowest BCUT2D eigenvalue weighted by molar-refractivity contribution is -0.141. The Morgan fingerprint density at radius 2 is 1.78 bits per heavy atom. The van der Waals surface area contributed by atoms with Crippen LogP contribution in [-0.2, 0) is 26.2 Å². The SMILES string of the molecule is CC[C@H](C(=O)NCC(C)C)N(Cc1cccc(C)c1)C(=O)CCCN(c1cccc(Cl)c1)S(C)(=O)=O. The number of anilines is 1. The summed E-state index contributed by atoms with van der Waals surface area (Å²) in [5.74, 6) is -0.0765. The van der Waals surface area contributed by atoms with E-state index in [2.05, 4.69) is 5.32 Å². The van der Waals surface area contributed by atoms with Crippen LogP contribution in [0.1, 0.15) is 51.2 Å². The average Bonchev–Trinajstić information content (AvgIpc) is 2.79. The molecule has 0 aliphatic rings. The highest BCUT2D eigenvalue weighted by atomic mass is 35.5. The Labute approximate surface area is 220 Å². The van der Waals surface area contributed by atoms with Crippen molar-refractivity contribution < 1.29 is 18.0 Å².